The van der Waals surface area contributed by atoms with Crippen LogP contribution in [0.15, 0.2) is 48.5 Å². The minimum atomic E-state index is -0.551. The van der Waals surface area contributed by atoms with Crippen LogP contribution in [0.5, 0.6) is 0 Å². The third kappa shape index (κ3) is 3.83. The fourth-order valence-electron chi connectivity index (χ4n) is 2.04. The summed E-state index contributed by atoms with van der Waals surface area (Å²) in [5.74, 6) is -0.190. The zero-order chi connectivity index (χ0) is 16.1. The van der Waals surface area contributed by atoms with E-state index in [0.29, 0.717) is 6.54 Å². The van der Waals surface area contributed by atoms with Crippen molar-refractivity contribution < 1.29 is 9.72 Å². The lowest BCUT2D eigenvalue weighted by molar-refractivity contribution is -0.384. The van der Waals surface area contributed by atoms with Gasteiger partial charge in [0.15, 0.2) is 0 Å². The second-order valence-electron chi connectivity index (χ2n) is 4.94. The Morgan fingerprint density at radius 2 is 1.95 bits per heavy atom. The molecule has 2 rings (SSSR count). The molecule has 0 saturated heterocycles. The Morgan fingerprint density at radius 3 is 2.55 bits per heavy atom. The van der Waals surface area contributed by atoms with Crippen LogP contribution in [0.2, 0.25) is 5.02 Å². The average molecular weight is 319 g/mol. The molecule has 0 bridgehead atoms. The molecule has 1 N–H and O–H groups in total. The Labute approximate surface area is 133 Å². The topological polar surface area (TPSA) is 72.2 Å². The fourth-order valence-corrected chi connectivity index (χ4v) is 2.30. The molecule has 0 saturated carbocycles. The van der Waals surface area contributed by atoms with E-state index in [9.17, 15) is 14.9 Å². The van der Waals surface area contributed by atoms with E-state index in [-0.39, 0.29) is 28.1 Å². The summed E-state index contributed by atoms with van der Waals surface area (Å²) >= 11 is 5.94. The molecule has 2 aromatic carbocycles. The first kappa shape index (κ1) is 16.0. The number of carbonyl (C=O) groups is 1. The first-order chi connectivity index (χ1) is 10.5. The average Bonchev–Trinajstić information content (AvgIpc) is 2.52. The van der Waals surface area contributed by atoms with Gasteiger partial charge in [0.05, 0.1) is 15.5 Å². The van der Waals surface area contributed by atoms with Crippen molar-refractivity contribution in [3.63, 3.8) is 0 Å². The summed E-state index contributed by atoms with van der Waals surface area (Å²) < 4.78 is 0. The Balaban J connectivity index is 2.02. The number of nitro benzene ring substituents is 1. The maximum Gasteiger partial charge on any atom is 0.270 e. The van der Waals surface area contributed by atoms with Crippen LogP contribution in [0.25, 0.3) is 0 Å². The van der Waals surface area contributed by atoms with E-state index in [4.69, 9.17) is 11.6 Å². The van der Waals surface area contributed by atoms with Crippen molar-refractivity contribution in [3.8, 4) is 0 Å². The molecule has 0 unspecified atom stereocenters. The molecule has 0 heterocycles. The smallest absolute Gasteiger partial charge is 0.270 e. The van der Waals surface area contributed by atoms with Crippen LogP contribution in [0.1, 0.15) is 28.8 Å². The number of hydrogen-bond acceptors (Lipinski definition) is 3. The molecule has 0 aliphatic carbocycles. The molecule has 5 nitrogen and oxygen atoms in total. The second-order valence-corrected chi connectivity index (χ2v) is 5.35. The first-order valence-electron chi connectivity index (χ1n) is 6.76. The van der Waals surface area contributed by atoms with Gasteiger partial charge in [-0.25, -0.2) is 0 Å². The van der Waals surface area contributed by atoms with Gasteiger partial charge in [0.1, 0.15) is 0 Å². The Morgan fingerprint density at radius 1 is 1.27 bits per heavy atom. The molecule has 1 atom stereocenters. The highest BCUT2D eigenvalue weighted by atomic mass is 35.5. The molecule has 0 fully saturated rings. The van der Waals surface area contributed by atoms with Gasteiger partial charge >= 0.3 is 0 Å². The number of non-ortho nitro benzene ring substituents is 1. The zero-order valence-corrected chi connectivity index (χ0v) is 12.7. The van der Waals surface area contributed by atoms with Gasteiger partial charge in [-0.2, -0.15) is 0 Å². The van der Waals surface area contributed by atoms with E-state index in [0.717, 1.165) is 5.56 Å². The number of nitro groups is 1. The van der Waals surface area contributed by atoms with Crippen LogP contribution in [0, 0.1) is 10.1 Å². The number of nitrogens with one attached hydrogen (secondary N) is 1. The van der Waals surface area contributed by atoms with Crippen LogP contribution >= 0.6 is 11.6 Å². The van der Waals surface area contributed by atoms with Gasteiger partial charge in [-0.15, -0.1) is 0 Å². The van der Waals surface area contributed by atoms with Crippen LogP contribution in [0.4, 0.5) is 5.69 Å². The van der Waals surface area contributed by atoms with Gasteiger partial charge < -0.3 is 5.32 Å². The van der Waals surface area contributed by atoms with E-state index in [1.165, 1.54) is 18.2 Å². The number of rotatable bonds is 5. The van der Waals surface area contributed by atoms with Gasteiger partial charge in [0.25, 0.3) is 11.6 Å². The highest BCUT2D eigenvalue weighted by Gasteiger charge is 2.15. The van der Waals surface area contributed by atoms with Crippen LogP contribution in [-0.2, 0) is 0 Å². The summed E-state index contributed by atoms with van der Waals surface area (Å²) in [5.41, 5.74) is 1.21. The summed E-state index contributed by atoms with van der Waals surface area (Å²) in [6, 6.07) is 13.6. The van der Waals surface area contributed by atoms with Crippen molar-refractivity contribution in [2.75, 3.05) is 6.54 Å². The Hall–Kier alpha value is -2.40. The van der Waals surface area contributed by atoms with E-state index in [1.807, 2.05) is 37.3 Å². The molecule has 22 heavy (non-hydrogen) atoms. The van der Waals surface area contributed by atoms with Gasteiger partial charge in [-0.05, 0) is 17.5 Å². The quantitative estimate of drug-likeness (QED) is 0.673. The predicted molar refractivity (Wildman–Crippen MR) is 85.3 cm³/mol. The fraction of sp³-hybridized carbons (Fsp3) is 0.188. The van der Waals surface area contributed by atoms with Crippen molar-refractivity contribution in [1.29, 1.82) is 0 Å². The van der Waals surface area contributed by atoms with Crippen molar-refractivity contribution >= 4 is 23.2 Å². The number of carbonyl (C=O) groups excluding carboxylic acids is 1. The lowest BCUT2D eigenvalue weighted by Crippen LogP contribution is -2.27. The number of amides is 1. The number of benzene rings is 2. The number of hydrogen-bond donors (Lipinski definition) is 1. The predicted octanol–water partition coefficient (Wildman–Crippen LogP) is 3.78. The molecular formula is C16H15ClN2O3. The summed E-state index contributed by atoms with van der Waals surface area (Å²) in [6.45, 7) is 2.46. The molecule has 0 radical (unpaired) electrons. The monoisotopic (exact) mass is 318 g/mol. The number of nitrogens with zero attached hydrogens (tertiary/aromatic N) is 1. The molecule has 0 aliphatic rings. The van der Waals surface area contributed by atoms with Crippen molar-refractivity contribution in [3.05, 3.63) is 74.8 Å². The van der Waals surface area contributed by atoms with Gasteiger partial charge in [0.2, 0.25) is 0 Å². The third-order valence-electron chi connectivity index (χ3n) is 3.35. The normalized spacial score (nSPS) is 11.7. The van der Waals surface area contributed by atoms with Crippen LogP contribution in [-0.4, -0.2) is 17.4 Å². The molecule has 0 aliphatic heterocycles. The van der Waals surface area contributed by atoms with E-state index in [2.05, 4.69) is 5.32 Å². The van der Waals surface area contributed by atoms with E-state index in [1.54, 1.807) is 0 Å². The van der Waals surface area contributed by atoms with E-state index >= 15 is 0 Å². The van der Waals surface area contributed by atoms with Crippen molar-refractivity contribution in [2.45, 2.75) is 12.8 Å². The van der Waals surface area contributed by atoms with E-state index < -0.39 is 4.92 Å². The zero-order valence-electron chi connectivity index (χ0n) is 12.0. The van der Waals surface area contributed by atoms with Crippen LogP contribution in [0.3, 0.4) is 0 Å². The van der Waals surface area contributed by atoms with Crippen molar-refractivity contribution in [1.82, 2.24) is 5.32 Å². The molecule has 0 aromatic heterocycles. The Kier molecular flexibility index (Phi) is 5.12. The molecule has 6 heteroatoms. The highest BCUT2D eigenvalue weighted by molar-refractivity contribution is 6.34. The maximum atomic E-state index is 12.1. The molecule has 2 aromatic rings. The lowest BCUT2D eigenvalue weighted by Gasteiger charge is -2.13. The molecular weight excluding hydrogens is 304 g/mol. The standard InChI is InChI=1S/C16H15ClN2O3/c1-11(12-5-3-2-4-6-12)10-18-16(20)14-8-7-13(19(21)22)9-15(14)17/h2-9,11H,10H2,1H3,(H,18,20)/t11-/m1/s1. The number of halogens is 1. The summed E-state index contributed by atoms with van der Waals surface area (Å²) in [6.07, 6.45) is 0. The minimum Gasteiger partial charge on any atom is -0.351 e. The Bertz CT molecular complexity index is 689. The SMILES string of the molecule is C[C@H](CNC(=O)c1ccc([N+](=O)[O-])cc1Cl)c1ccccc1. The maximum absolute atomic E-state index is 12.1. The van der Waals surface area contributed by atoms with Crippen LogP contribution < -0.4 is 5.32 Å². The van der Waals surface area contributed by atoms with Gasteiger partial charge in [-0.3, -0.25) is 14.9 Å². The summed E-state index contributed by atoms with van der Waals surface area (Å²) in [7, 11) is 0. The van der Waals surface area contributed by atoms with Gasteiger partial charge in [-0.1, -0.05) is 48.9 Å². The molecule has 114 valence electrons. The largest absolute Gasteiger partial charge is 0.351 e. The molecule has 1 amide bonds. The first-order valence-corrected chi connectivity index (χ1v) is 7.14. The second kappa shape index (κ2) is 7.04. The lowest BCUT2D eigenvalue weighted by atomic mass is 10.0. The summed E-state index contributed by atoms with van der Waals surface area (Å²) in [4.78, 5) is 22.2. The third-order valence-corrected chi connectivity index (χ3v) is 3.66. The van der Waals surface area contributed by atoms with Crippen molar-refractivity contribution in [2.24, 2.45) is 0 Å². The minimum absolute atomic E-state index is 0.0686. The highest BCUT2D eigenvalue weighted by Crippen LogP contribution is 2.22. The summed E-state index contributed by atoms with van der Waals surface area (Å²) in [5, 5.41) is 13.5. The molecule has 0 spiro atoms. The van der Waals surface area contributed by atoms with Gasteiger partial charge in [0, 0.05) is 18.7 Å².